The van der Waals surface area contributed by atoms with Crippen LogP contribution in [0.25, 0.3) is 0 Å². The first kappa shape index (κ1) is 9.87. The first-order chi connectivity index (χ1) is 5.95. The molecule has 13 heavy (non-hydrogen) atoms. The third kappa shape index (κ3) is 2.13. The lowest BCUT2D eigenvalue weighted by atomic mass is 10.2. The van der Waals surface area contributed by atoms with Crippen molar-refractivity contribution in [2.75, 3.05) is 12.5 Å². The van der Waals surface area contributed by atoms with Gasteiger partial charge in [-0.1, -0.05) is 9.93 Å². The minimum atomic E-state index is -2.40. The molecule has 0 aliphatic heterocycles. The number of hydrogen-bond acceptors (Lipinski definition) is 2. The summed E-state index contributed by atoms with van der Waals surface area (Å²) in [5, 5.41) is 8.53. The van der Waals surface area contributed by atoms with Crippen LogP contribution in [0.1, 0.15) is 5.56 Å². The number of thiol groups is 1. The second kappa shape index (κ2) is 3.27. The van der Waals surface area contributed by atoms with E-state index in [0.717, 1.165) is 0 Å². The molecule has 0 bridgehead atoms. The molecule has 0 aliphatic carbocycles. The molecule has 1 aromatic carbocycles. The molecular formula is C9H10FNOS. The topological polar surface area (TPSA) is 40.9 Å². The standard InChI is InChI=1S/C9H10FNOS/c1-13(2,12)8-3-4-9(10)7(5-8)6-11/h3-5,13H,1-2H3. The van der Waals surface area contributed by atoms with Crippen molar-refractivity contribution in [3.8, 4) is 6.07 Å². The van der Waals surface area contributed by atoms with Crippen molar-refractivity contribution in [2.45, 2.75) is 4.90 Å². The van der Waals surface area contributed by atoms with Gasteiger partial charge in [0.1, 0.15) is 11.9 Å². The summed E-state index contributed by atoms with van der Waals surface area (Å²) < 4.78 is 24.4. The van der Waals surface area contributed by atoms with Gasteiger partial charge < -0.3 is 0 Å². The van der Waals surface area contributed by atoms with Gasteiger partial charge in [0.2, 0.25) is 0 Å². The monoisotopic (exact) mass is 199 g/mol. The minimum Gasteiger partial charge on any atom is -0.281 e. The lowest BCUT2D eigenvalue weighted by molar-refractivity contribution is 0.622. The highest BCUT2D eigenvalue weighted by Crippen LogP contribution is 2.17. The lowest BCUT2D eigenvalue weighted by Crippen LogP contribution is -2.06. The third-order valence-corrected chi connectivity index (χ3v) is 3.21. The number of halogens is 1. The van der Waals surface area contributed by atoms with Gasteiger partial charge in [0.25, 0.3) is 0 Å². The molecule has 0 atom stereocenters. The molecule has 0 radical (unpaired) electrons. The van der Waals surface area contributed by atoms with Crippen molar-refractivity contribution >= 4 is 9.93 Å². The molecule has 1 aromatic rings. The summed E-state index contributed by atoms with van der Waals surface area (Å²) in [6, 6.07) is 5.68. The quantitative estimate of drug-likeness (QED) is 0.693. The number of rotatable bonds is 1. The van der Waals surface area contributed by atoms with Crippen LogP contribution < -0.4 is 0 Å². The van der Waals surface area contributed by atoms with E-state index in [9.17, 15) is 8.60 Å². The highest BCUT2D eigenvalue weighted by Gasteiger charge is 2.08. The van der Waals surface area contributed by atoms with Crippen molar-refractivity contribution in [2.24, 2.45) is 0 Å². The first-order valence-electron chi connectivity index (χ1n) is 3.70. The van der Waals surface area contributed by atoms with Crippen LogP contribution in [0.15, 0.2) is 23.1 Å². The van der Waals surface area contributed by atoms with E-state index in [1.54, 1.807) is 18.6 Å². The SMILES string of the molecule is C[SH](C)(=O)c1ccc(F)c(C#N)c1. The van der Waals surface area contributed by atoms with Gasteiger partial charge in [0.05, 0.1) is 5.56 Å². The number of nitrogens with zero attached hydrogens (tertiary/aromatic N) is 1. The van der Waals surface area contributed by atoms with Gasteiger partial charge in [-0.05, 0) is 30.7 Å². The van der Waals surface area contributed by atoms with Crippen molar-refractivity contribution in [3.05, 3.63) is 29.6 Å². The van der Waals surface area contributed by atoms with Crippen molar-refractivity contribution in [1.29, 1.82) is 5.26 Å². The van der Waals surface area contributed by atoms with Crippen LogP contribution in [0.4, 0.5) is 4.39 Å². The molecule has 0 aliphatic rings. The largest absolute Gasteiger partial charge is 0.281 e. The molecule has 0 fully saturated rings. The minimum absolute atomic E-state index is 0.0542. The summed E-state index contributed by atoms with van der Waals surface area (Å²) in [5.74, 6) is -0.570. The van der Waals surface area contributed by atoms with Crippen LogP contribution in [0, 0.1) is 17.1 Å². The van der Waals surface area contributed by atoms with Crippen LogP contribution in [0.3, 0.4) is 0 Å². The maximum Gasteiger partial charge on any atom is 0.141 e. The molecule has 1 rings (SSSR count). The Morgan fingerprint density at radius 2 is 2.08 bits per heavy atom. The van der Waals surface area contributed by atoms with Gasteiger partial charge in [-0.25, -0.2) is 4.39 Å². The summed E-state index contributed by atoms with van der Waals surface area (Å²) in [6.07, 6.45) is 3.17. The molecule has 0 saturated carbocycles. The van der Waals surface area contributed by atoms with Crippen LogP contribution in [-0.2, 0) is 9.93 Å². The van der Waals surface area contributed by atoms with Crippen LogP contribution in [-0.4, -0.2) is 16.7 Å². The summed E-state index contributed by atoms with van der Waals surface area (Å²) in [7, 11) is -2.40. The summed E-state index contributed by atoms with van der Waals surface area (Å²) in [4.78, 5) is 0.533. The highest BCUT2D eigenvalue weighted by molar-refractivity contribution is 8.01. The van der Waals surface area contributed by atoms with E-state index in [1.165, 1.54) is 18.2 Å². The Bertz CT molecular complexity index is 416. The fourth-order valence-electron chi connectivity index (χ4n) is 0.934. The van der Waals surface area contributed by atoms with Crippen LogP contribution in [0.2, 0.25) is 0 Å². The maximum atomic E-state index is 12.8. The van der Waals surface area contributed by atoms with E-state index in [-0.39, 0.29) is 5.56 Å². The van der Waals surface area contributed by atoms with Gasteiger partial charge >= 0.3 is 0 Å². The molecular weight excluding hydrogens is 189 g/mol. The molecule has 2 nitrogen and oxygen atoms in total. The fraction of sp³-hybridized carbons (Fsp3) is 0.222. The molecule has 0 aromatic heterocycles. The predicted octanol–water partition coefficient (Wildman–Crippen LogP) is 1.33. The number of nitriles is 1. The second-order valence-electron chi connectivity index (χ2n) is 3.13. The smallest absolute Gasteiger partial charge is 0.141 e. The Morgan fingerprint density at radius 1 is 1.46 bits per heavy atom. The Labute approximate surface area is 77.4 Å². The Morgan fingerprint density at radius 3 is 2.54 bits per heavy atom. The average molecular weight is 199 g/mol. The van der Waals surface area contributed by atoms with Gasteiger partial charge in [0.15, 0.2) is 0 Å². The van der Waals surface area contributed by atoms with Gasteiger partial charge in [-0.2, -0.15) is 5.26 Å². The Balaban J connectivity index is 3.32. The molecule has 0 N–H and O–H groups in total. The average Bonchev–Trinajstić information content (AvgIpc) is 2.03. The zero-order chi connectivity index (χ0) is 10.1. The summed E-state index contributed by atoms with van der Waals surface area (Å²) >= 11 is 0. The third-order valence-electron chi connectivity index (χ3n) is 1.69. The van der Waals surface area contributed by atoms with E-state index >= 15 is 0 Å². The molecule has 0 unspecified atom stereocenters. The van der Waals surface area contributed by atoms with E-state index in [1.807, 2.05) is 0 Å². The Hall–Kier alpha value is -1.21. The Kier molecular flexibility index (Phi) is 2.48. The van der Waals surface area contributed by atoms with Gasteiger partial charge in [-0.15, -0.1) is 0 Å². The maximum absolute atomic E-state index is 12.8. The molecule has 4 heteroatoms. The fourth-order valence-corrected chi connectivity index (χ4v) is 1.81. The summed E-state index contributed by atoms with van der Waals surface area (Å²) in [6.45, 7) is 0. The lowest BCUT2D eigenvalue weighted by Gasteiger charge is -2.12. The van der Waals surface area contributed by atoms with E-state index in [4.69, 9.17) is 5.26 Å². The van der Waals surface area contributed by atoms with E-state index < -0.39 is 15.7 Å². The molecule has 0 saturated heterocycles. The van der Waals surface area contributed by atoms with Crippen LogP contribution >= 0.6 is 0 Å². The van der Waals surface area contributed by atoms with E-state index in [0.29, 0.717) is 4.90 Å². The van der Waals surface area contributed by atoms with Crippen molar-refractivity contribution in [1.82, 2.24) is 0 Å². The van der Waals surface area contributed by atoms with Crippen molar-refractivity contribution in [3.63, 3.8) is 0 Å². The van der Waals surface area contributed by atoms with Crippen LogP contribution in [0.5, 0.6) is 0 Å². The predicted molar refractivity (Wildman–Crippen MR) is 50.8 cm³/mol. The molecule has 0 heterocycles. The zero-order valence-corrected chi connectivity index (χ0v) is 8.31. The van der Waals surface area contributed by atoms with Gasteiger partial charge in [0, 0.05) is 4.90 Å². The first-order valence-corrected chi connectivity index (χ1v) is 6.30. The highest BCUT2D eigenvalue weighted by atomic mass is 32.2. The molecule has 70 valence electrons. The normalized spacial score (nSPS) is 12.2. The zero-order valence-electron chi connectivity index (χ0n) is 7.41. The molecule has 0 spiro atoms. The molecule has 0 amide bonds. The number of benzene rings is 1. The second-order valence-corrected chi connectivity index (χ2v) is 6.34. The van der Waals surface area contributed by atoms with Gasteiger partial charge in [-0.3, -0.25) is 4.21 Å². The van der Waals surface area contributed by atoms with Crippen molar-refractivity contribution < 1.29 is 8.60 Å². The summed E-state index contributed by atoms with van der Waals surface area (Å²) in [5.41, 5.74) is -0.0542. The number of hydrogen-bond donors (Lipinski definition) is 1. The van der Waals surface area contributed by atoms with E-state index in [2.05, 4.69) is 0 Å².